The molecule has 160 valence electrons. The molecule has 0 saturated carbocycles. The van der Waals surface area contributed by atoms with Crippen molar-refractivity contribution in [1.82, 2.24) is 15.3 Å². The summed E-state index contributed by atoms with van der Waals surface area (Å²) in [6.45, 7) is 3.47. The van der Waals surface area contributed by atoms with Crippen LogP contribution in [0.5, 0.6) is 0 Å². The third kappa shape index (κ3) is 3.46. The average molecular weight is 426 g/mol. The van der Waals surface area contributed by atoms with Gasteiger partial charge < -0.3 is 14.6 Å². The fourth-order valence-electron chi connectivity index (χ4n) is 4.75. The van der Waals surface area contributed by atoms with Gasteiger partial charge in [-0.15, -0.1) is 0 Å². The number of halogens is 1. The van der Waals surface area contributed by atoms with Gasteiger partial charge in [0.25, 0.3) is 0 Å². The zero-order chi connectivity index (χ0) is 21.5. The van der Waals surface area contributed by atoms with Crippen molar-refractivity contribution in [2.24, 2.45) is 5.92 Å². The van der Waals surface area contributed by atoms with Crippen LogP contribution in [-0.2, 0) is 6.54 Å². The molecule has 4 heterocycles. The van der Waals surface area contributed by atoms with Gasteiger partial charge in [-0.3, -0.25) is 4.98 Å². The molecule has 1 N–H and O–H groups in total. The Kier molecular flexibility index (Phi) is 4.72. The second kappa shape index (κ2) is 7.88. The molecule has 0 spiro atoms. The Morgan fingerprint density at radius 2 is 2.03 bits per heavy atom. The minimum absolute atomic E-state index is 0.223. The number of nitrogens with one attached hydrogen (secondary N) is 1. The molecule has 3 aromatic rings. The first-order valence-electron chi connectivity index (χ1n) is 11.0. The van der Waals surface area contributed by atoms with Gasteiger partial charge >= 0.3 is 0 Å². The van der Waals surface area contributed by atoms with Crippen molar-refractivity contribution in [3.8, 4) is 11.3 Å². The lowest BCUT2D eigenvalue weighted by molar-refractivity contribution is 0.514. The van der Waals surface area contributed by atoms with Gasteiger partial charge in [0.2, 0.25) is 0 Å². The molecular weight excluding hydrogens is 403 g/mol. The summed E-state index contributed by atoms with van der Waals surface area (Å²) in [6.07, 6.45) is 4.67. The average Bonchev–Trinajstić information content (AvgIpc) is 3.46. The number of aromatic nitrogens is 2. The van der Waals surface area contributed by atoms with Crippen molar-refractivity contribution in [2.75, 3.05) is 24.5 Å². The highest BCUT2D eigenvalue weighted by Crippen LogP contribution is 2.31. The van der Waals surface area contributed by atoms with Crippen LogP contribution >= 0.6 is 0 Å². The van der Waals surface area contributed by atoms with E-state index >= 15 is 0 Å². The largest absolute Gasteiger partial charge is 0.464 e. The second-order valence-corrected chi connectivity index (χ2v) is 8.51. The second-order valence-electron chi connectivity index (χ2n) is 8.51. The Bertz CT molecular complexity index is 1380. The van der Waals surface area contributed by atoms with Crippen LogP contribution in [0.4, 0.5) is 10.2 Å². The number of anilines is 1. The maximum absolute atomic E-state index is 13.8. The SMILES string of the molecule is Fc1ccc2ccnc(N3CCC(CNCc4cc5coc6ccccc6c-5n4)C3)c2c1. The summed E-state index contributed by atoms with van der Waals surface area (Å²) in [5.41, 5.74) is 3.89. The van der Waals surface area contributed by atoms with Gasteiger partial charge in [-0.2, -0.15) is 0 Å². The van der Waals surface area contributed by atoms with E-state index < -0.39 is 0 Å². The van der Waals surface area contributed by atoms with Crippen LogP contribution in [0, 0.1) is 11.7 Å². The Morgan fingerprint density at radius 1 is 1.09 bits per heavy atom. The van der Waals surface area contributed by atoms with Crippen LogP contribution in [0.2, 0.25) is 0 Å². The first-order valence-corrected chi connectivity index (χ1v) is 11.0. The number of para-hydroxylation sites is 1. The van der Waals surface area contributed by atoms with Crippen molar-refractivity contribution in [1.29, 1.82) is 0 Å². The standard InChI is InChI=1S/C26H23FN4O/c27-20-6-5-18-7-9-29-26(23(18)12-20)31-10-8-17(15-31)13-28-14-21-11-19-16-32-24-4-2-1-3-22(24)25(19)30-21/h1-7,9,11-12,16-17,28H,8,10,13-15H2. The van der Waals surface area contributed by atoms with Crippen LogP contribution in [0.3, 0.4) is 0 Å². The van der Waals surface area contributed by atoms with Crippen molar-refractivity contribution < 1.29 is 8.81 Å². The predicted molar refractivity (Wildman–Crippen MR) is 124 cm³/mol. The van der Waals surface area contributed by atoms with Crippen LogP contribution in [0.1, 0.15) is 12.1 Å². The molecular formula is C26H23FN4O. The van der Waals surface area contributed by atoms with Gasteiger partial charge in [0, 0.05) is 48.7 Å². The molecule has 0 radical (unpaired) electrons. The third-order valence-electron chi connectivity index (χ3n) is 6.34. The summed E-state index contributed by atoms with van der Waals surface area (Å²) in [5.74, 6) is 1.17. The summed E-state index contributed by atoms with van der Waals surface area (Å²) in [6, 6.07) is 16.9. The van der Waals surface area contributed by atoms with E-state index in [1.165, 1.54) is 6.07 Å². The van der Waals surface area contributed by atoms with E-state index in [1.807, 2.05) is 42.6 Å². The maximum Gasteiger partial charge on any atom is 0.136 e. The summed E-state index contributed by atoms with van der Waals surface area (Å²) >= 11 is 0. The van der Waals surface area contributed by atoms with Gasteiger partial charge in [-0.05, 0) is 54.1 Å². The number of hydrogen-bond acceptors (Lipinski definition) is 5. The first-order chi connectivity index (χ1) is 15.7. The highest BCUT2D eigenvalue weighted by molar-refractivity contribution is 5.93. The zero-order valence-corrected chi connectivity index (χ0v) is 17.6. The highest BCUT2D eigenvalue weighted by atomic mass is 19.1. The molecule has 1 aromatic heterocycles. The molecule has 1 saturated heterocycles. The number of rotatable bonds is 5. The smallest absolute Gasteiger partial charge is 0.136 e. The van der Waals surface area contributed by atoms with E-state index in [1.54, 1.807) is 12.3 Å². The van der Waals surface area contributed by atoms with Gasteiger partial charge in [-0.1, -0.05) is 18.2 Å². The van der Waals surface area contributed by atoms with Crippen molar-refractivity contribution >= 4 is 27.6 Å². The Labute approximate surface area is 185 Å². The quantitative estimate of drug-likeness (QED) is 0.417. The normalized spacial score (nSPS) is 16.5. The van der Waals surface area contributed by atoms with E-state index in [2.05, 4.69) is 21.3 Å². The lowest BCUT2D eigenvalue weighted by Gasteiger charge is -2.19. The molecule has 1 atom stereocenters. The maximum atomic E-state index is 13.8. The molecule has 6 rings (SSSR count). The lowest BCUT2D eigenvalue weighted by atomic mass is 10.1. The Balaban J connectivity index is 1.12. The molecule has 3 aliphatic rings. The number of hydrogen-bond donors (Lipinski definition) is 1. The molecule has 0 aliphatic carbocycles. The van der Waals surface area contributed by atoms with Gasteiger partial charge in [0.1, 0.15) is 23.5 Å². The number of fused-ring (bicyclic) bond motifs is 4. The van der Waals surface area contributed by atoms with Gasteiger partial charge in [-0.25, -0.2) is 9.37 Å². The fourth-order valence-corrected chi connectivity index (χ4v) is 4.75. The van der Waals surface area contributed by atoms with E-state index in [9.17, 15) is 4.39 Å². The third-order valence-corrected chi connectivity index (χ3v) is 6.34. The van der Waals surface area contributed by atoms with Crippen molar-refractivity contribution in [3.05, 3.63) is 78.6 Å². The molecule has 1 unspecified atom stereocenters. The minimum Gasteiger partial charge on any atom is -0.464 e. The fraction of sp³-hybridized carbons (Fsp3) is 0.231. The molecule has 0 bridgehead atoms. The first kappa shape index (κ1) is 19.2. The van der Waals surface area contributed by atoms with Gasteiger partial charge in [0.15, 0.2) is 0 Å². The molecule has 6 heteroatoms. The monoisotopic (exact) mass is 426 g/mol. The summed E-state index contributed by atoms with van der Waals surface area (Å²) in [4.78, 5) is 11.7. The number of benzene rings is 2. The number of nitrogens with zero attached hydrogens (tertiary/aromatic N) is 3. The minimum atomic E-state index is -0.223. The molecule has 32 heavy (non-hydrogen) atoms. The molecule has 2 aromatic carbocycles. The zero-order valence-electron chi connectivity index (χ0n) is 17.6. The lowest BCUT2D eigenvalue weighted by Crippen LogP contribution is -2.26. The Morgan fingerprint density at radius 3 is 3.00 bits per heavy atom. The van der Waals surface area contributed by atoms with E-state index in [0.717, 1.165) is 77.1 Å². The van der Waals surface area contributed by atoms with Crippen LogP contribution in [0.25, 0.3) is 33.0 Å². The molecule has 3 aliphatic heterocycles. The van der Waals surface area contributed by atoms with Crippen LogP contribution in [-0.4, -0.2) is 29.6 Å². The van der Waals surface area contributed by atoms with Crippen LogP contribution < -0.4 is 10.2 Å². The summed E-state index contributed by atoms with van der Waals surface area (Å²) in [5, 5.41) is 6.51. The van der Waals surface area contributed by atoms with Crippen molar-refractivity contribution in [2.45, 2.75) is 13.0 Å². The topological polar surface area (TPSA) is 54.2 Å². The summed E-state index contributed by atoms with van der Waals surface area (Å²) < 4.78 is 19.5. The van der Waals surface area contributed by atoms with Crippen LogP contribution in [0.15, 0.2) is 71.5 Å². The predicted octanol–water partition coefficient (Wildman–Crippen LogP) is 5.24. The van der Waals surface area contributed by atoms with Crippen molar-refractivity contribution in [3.63, 3.8) is 0 Å². The van der Waals surface area contributed by atoms with E-state index in [0.29, 0.717) is 5.92 Å². The molecule has 5 nitrogen and oxygen atoms in total. The number of pyridine rings is 1. The summed E-state index contributed by atoms with van der Waals surface area (Å²) in [7, 11) is 0. The molecule has 1 fully saturated rings. The van der Waals surface area contributed by atoms with E-state index in [4.69, 9.17) is 9.40 Å². The Hall–Kier alpha value is -3.51. The van der Waals surface area contributed by atoms with E-state index in [-0.39, 0.29) is 5.82 Å². The van der Waals surface area contributed by atoms with Gasteiger partial charge in [0.05, 0.1) is 11.4 Å². The molecule has 0 amide bonds. The highest BCUT2D eigenvalue weighted by Gasteiger charge is 2.24.